The van der Waals surface area contributed by atoms with E-state index >= 15 is 0 Å². The molecule has 4 nitrogen and oxygen atoms in total. The number of carboxylic acid groups (broad SMARTS) is 2. The third kappa shape index (κ3) is 5.43. The second-order valence-electron chi connectivity index (χ2n) is 7.02. The Labute approximate surface area is 160 Å². The predicted octanol–water partition coefficient (Wildman–Crippen LogP) is 5.43. The van der Waals surface area contributed by atoms with Crippen molar-refractivity contribution >= 4 is 11.9 Å². The molecular formula is C23H28O4. The van der Waals surface area contributed by atoms with E-state index < -0.39 is 11.9 Å². The largest absolute Gasteiger partial charge is 0.478 e. The summed E-state index contributed by atoms with van der Waals surface area (Å²) in [6.45, 7) is 4.25. The quantitative estimate of drug-likeness (QED) is 0.586. The molecule has 4 heteroatoms. The minimum atomic E-state index is -1.19. The molecule has 0 fully saturated rings. The second-order valence-corrected chi connectivity index (χ2v) is 7.02. The van der Waals surface area contributed by atoms with Crippen molar-refractivity contribution < 1.29 is 19.8 Å². The van der Waals surface area contributed by atoms with Gasteiger partial charge in [-0.2, -0.15) is 0 Å². The Morgan fingerprint density at radius 3 is 2.22 bits per heavy atom. The average Bonchev–Trinajstić information content (AvgIpc) is 2.66. The molecule has 0 amide bonds. The zero-order chi connectivity index (χ0) is 19.8. The van der Waals surface area contributed by atoms with Crippen LogP contribution >= 0.6 is 0 Å². The highest BCUT2D eigenvalue weighted by atomic mass is 16.4. The number of carboxylic acids is 2. The fourth-order valence-corrected chi connectivity index (χ4v) is 3.56. The number of unbranched alkanes of at least 4 members (excludes halogenated alkanes) is 1. The van der Waals surface area contributed by atoms with Crippen molar-refractivity contribution in [2.45, 2.75) is 52.4 Å². The zero-order valence-corrected chi connectivity index (χ0v) is 16.1. The molecule has 1 atom stereocenters. The fourth-order valence-electron chi connectivity index (χ4n) is 3.56. The van der Waals surface area contributed by atoms with Crippen LogP contribution in [0.4, 0.5) is 0 Å². The monoisotopic (exact) mass is 368 g/mol. The van der Waals surface area contributed by atoms with E-state index in [1.165, 1.54) is 6.07 Å². The predicted molar refractivity (Wildman–Crippen MR) is 107 cm³/mol. The van der Waals surface area contributed by atoms with Crippen molar-refractivity contribution in [1.82, 2.24) is 0 Å². The molecule has 0 aromatic heterocycles. The van der Waals surface area contributed by atoms with Crippen molar-refractivity contribution in [3.05, 3.63) is 70.3 Å². The second kappa shape index (κ2) is 9.91. The summed E-state index contributed by atoms with van der Waals surface area (Å²) in [4.78, 5) is 23.6. The highest BCUT2D eigenvalue weighted by molar-refractivity contribution is 6.03. The molecule has 0 radical (unpaired) electrons. The number of aromatic carboxylic acids is 2. The van der Waals surface area contributed by atoms with Crippen LogP contribution in [0.5, 0.6) is 0 Å². The van der Waals surface area contributed by atoms with E-state index in [9.17, 15) is 19.8 Å². The summed E-state index contributed by atoms with van der Waals surface area (Å²) in [6, 6.07) is 13.1. The lowest BCUT2D eigenvalue weighted by molar-refractivity contribution is 0.0650. The molecule has 0 saturated carbocycles. The molecule has 0 bridgehead atoms. The van der Waals surface area contributed by atoms with Gasteiger partial charge in [-0.25, -0.2) is 9.59 Å². The van der Waals surface area contributed by atoms with E-state index in [0.717, 1.165) is 36.8 Å². The van der Waals surface area contributed by atoms with Gasteiger partial charge in [0.15, 0.2) is 0 Å². The molecule has 0 aliphatic rings. The molecule has 2 aromatic rings. The van der Waals surface area contributed by atoms with E-state index in [1.54, 1.807) is 6.07 Å². The maximum absolute atomic E-state index is 12.0. The smallest absolute Gasteiger partial charge is 0.336 e. The first-order valence-corrected chi connectivity index (χ1v) is 9.63. The molecule has 0 aliphatic heterocycles. The fraction of sp³-hybridized carbons (Fsp3) is 0.391. The van der Waals surface area contributed by atoms with E-state index in [2.05, 4.69) is 13.8 Å². The molecule has 0 aliphatic carbocycles. The summed E-state index contributed by atoms with van der Waals surface area (Å²) < 4.78 is 0. The Hall–Kier alpha value is -2.62. The topological polar surface area (TPSA) is 74.6 Å². The SMILES string of the molecule is CCCCC(CC)Cc1c(Cc2ccccc2)ccc(C(=O)O)c1C(=O)O. The molecule has 27 heavy (non-hydrogen) atoms. The third-order valence-electron chi connectivity index (χ3n) is 5.13. The van der Waals surface area contributed by atoms with Gasteiger partial charge in [-0.05, 0) is 41.5 Å². The summed E-state index contributed by atoms with van der Waals surface area (Å²) in [6.07, 6.45) is 5.35. The van der Waals surface area contributed by atoms with Gasteiger partial charge in [0.25, 0.3) is 0 Å². The van der Waals surface area contributed by atoms with Crippen molar-refractivity contribution in [3.63, 3.8) is 0 Å². The molecule has 0 saturated heterocycles. The van der Waals surface area contributed by atoms with Gasteiger partial charge in [-0.3, -0.25) is 0 Å². The van der Waals surface area contributed by atoms with Crippen molar-refractivity contribution in [2.24, 2.45) is 5.92 Å². The van der Waals surface area contributed by atoms with E-state index in [0.29, 0.717) is 24.3 Å². The molecule has 1 unspecified atom stereocenters. The highest BCUT2D eigenvalue weighted by Crippen LogP contribution is 2.28. The first-order valence-electron chi connectivity index (χ1n) is 9.63. The molecule has 2 aromatic carbocycles. The molecule has 0 spiro atoms. The molecule has 144 valence electrons. The molecule has 0 heterocycles. The van der Waals surface area contributed by atoms with Crippen molar-refractivity contribution in [3.8, 4) is 0 Å². The normalized spacial score (nSPS) is 11.9. The van der Waals surface area contributed by atoms with Gasteiger partial charge in [-0.15, -0.1) is 0 Å². The van der Waals surface area contributed by atoms with Crippen molar-refractivity contribution in [1.29, 1.82) is 0 Å². The van der Waals surface area contributed by atoms with Gasteiger partial charge in [0.2, 0.25) is 0 Å². The first-order chi connectivity index (χ1) is 13.0. The summed E-state index contributed by atoms with van der Waals surface area (Å²) in [7, 11) is 0. The lowest BCUT2D eigenvalue weighted by Gasteiger charge is -2.20. The van der Waals surface area contributed by atoms with Gasteiger partial charge >= 0.3 is 11.9 Å². The number of hydrogen-bond acceptors (Lipinski definition) is 2. The van der Waals surface area contributed by atoms with Crippen LogP contribution in [0.25, 0.3) is 0 Å². The Kier molecular flexibility index (Phi) is 7.59. The van der Waals surface area contributed by atoms with Crippen LogP contribution in [-0.4, -0.2) is 22.2 Å². The third-order valence-corrected chi connectivity index (χ3v) is 5.13. The average molecular weight is 368 g/mol. The lowest BCUT2D eigenvalue weighted by Crippen LogP contribution is -2.17. The van der Waals surface area contributed by atoms with Gasteiger partial charge in [-0.1, -0.05) is 75.9 Å². The summed E-state index contributed by atoms with van der Waals surface area (Å²) in [5, 5.41) is 19.3. The number of benzene rings is 2. The van der Waals surface area contributed by atoms with Crippen LogP contribution < -0.4 is 0 Å². The number of hydrogen-bond donors (Lipinski definition) is 2. The van der Waals surface area contributed by atoms with Crippen LogP contribution in [0.1, 0.15) is 76.9 Å². The summed E-state index contributed by atoms with van der Waals surface area (Å²) >= 11 is 0. The van der Waals surface area contributed by atoms with Gasteiger partial charge < -0.3 is 10.2 Å². The van der Waals surface area contributed by atoms with Gasteiger partial charge in [0, 0.05) is 0 Å². The minimum absolute atomic E-state index is 0.0501. The van der Waals surface area contributed by atoms with Crippen LogP contribution in [0.2, 0.25) is 0 Å². The van der Waals surface area contributed by atoms with E-state index in [4.69, 9.17) is 0 Å². The van der Waals surface area contributed by atoms with Crippen LogP contribution in [0.3, 0.4) is 0 Å². The van der Waals surface area contributed by atoms with E-state index in [1.807, 2.05) is 30.3 Å². The maximum Gasteiger partial charge on any atom is 0.336 e. The molecular weight excluding hydrogens is 340 g/mol. The number of rotatable bonds is 10. The first kappa shape index (κ1) is 20.7. The van der Waals surface area contributed by atoms with Gasteiger partial charge in [0.05, 0.1) is 11.1 Å². The Balaban J connectivity index is 2.52. The molecule has 2 N–H and O–H groups in total. The van der Waals surface area contributed by atoms with E-state index in [-0.39, 0.29) is 11.1 Å². The lowest BCUT2D eigenvalue weighted by atomic mass is 9.84. The van der Waals surface area contributed by atoms with Gasteiger partial charge in [0.1, 0.15) is 0 Å². The number of carbonyl (C=O) groups is 2. The maximum atomic E-state index is 12.0. The highest BCUT2D eigenvalue weighted by Gasteiger charge is 2.24. The standard InChI is InChI=1S/C23H28O4/c1-3-5-9-16(4-2)15-20-18(14-17-10-7-6-8-11-17)12-13-19(22(24)25)21(20)23(26)27/h6-8,10-13,16H,3-5,9,14-15H2,1-2H3,(H,24,25)(H,26,27). The minimum Gasteiger partial charge on any atom is -0.478 e. The summed E-state index contributed by atoms with van der Waals surface area (Å²) in [5.41, 5.74) is 2.48. The zero-order valence-electron chi connectivity index (χ0n) is 16.1. The Morgan fingerprint density at radius 2 is 1.67 bits per heavy atom. The Morgan fingerprint density at radius 1 is 0.963 bits per heavy atom. The van der Waals surface area contributed by atoms with Crippen LogP contribution in [0, 0.1) is 5.92 Å². The van der Waals surface area contributed by atoms with Crippen molar-refractivity contribution in [2.75, 3.05) is 0 Å². The summed E-state index contributed by atoms with van der Waals surface area (Å²) in [5.74, 6) is -2.01. The molecule has 2 rings (SSSR count). The van der Waals surface area contributed by atoms with Crippen LogP contribution in [-0.2, 0) is 12.8 Å². The Bertz CT molecular complexity index is 780. The van der Waals surface area contributed by atoms with Crippen LogP contribution in [0.15, 0.2) is 42.5 Å².